The molecule has 2 aromatic heterocycles. The summed E-state index contributed by atoms with van der Waals surface area (Å²) in [5, 5.41) is 6.50. The average Bonchev–Trinajstić information content (AvgIpc) is 3.19. The Kier molecular flexibility index (Phi) is 4.15. The fraction of sp³-hybridized carbons (Fsp3) is 0.292. The molecule has 6 heteroatoms. The fourth-order valence-electron chi connectivity index (χ4n) is 5.19. The van der Waals surface area contributed by atoms with Crippen LogP contribution in [-0.4, -0.2) is 40.5 Å². The number of rotatable bonds is 3. The Labute approximate surface area is 179 Å². The van der Waals surface area contributed by atoms with Gasteiger partial charge in [0.15, 0.2) is 0 Å². The van der Waals surface area contributed by atoms with Crippen LogP contribution in [-0.2, 0) is 0 Å². The summed E-state index contributed by atoms with van der Waals surface area (Å²) in [5.41, 5.74) is 4.07. The van der Waals surface area contributed by atoms with Gasteiger partial charge in [-0.25, -0.2) is 0 Å². The minimum absolute atomic E-state index is 0.0971. The highest BCUT2D eigenvalue weighted by Gasteiger charge is 2.35. The summed E-state index contributed by atoms with van der Waals surface area (Å²) in [7, 11) is 0. The van der Waals surface area contributed by atoms with Crippen molar-refractivity contribution in [2.45, 2.75) is 18.9 Å². The van der Waals surface area contributed by atoms with Crippen LogP contribution < -0.4 is 10.9 Å². The number of benzene rings is 2. The summed E-state index contributed by atoms with van der Waals surface area (Å²) < 4.78 is 0. The topological polar surface area (TPSA) is 63.9 Å². The number of fused-ring (bicyclic) bond motifs is 5. The van der Waals surface area contributed by atoms with Crippen LogP contribution in [0.5, 0.6) is 0 Å². The van der Waals surface area contributed by atoms with Crippen molar-refractivity contribution < 1.29 is 0 Å². The second kappa shape index (κ2) is 6.89. The van der Waals surface area contributed by atoms with Gasteiger partial charge in [0, 0.05) is 33.9 Å². The number of H-pyrrole nitrogens is 2. The fourth-order valence-corrected chi connectivity index (χ4v) is 5.37. The molecule has 3 aliphatic rings. The van der Waals surface area contributed by atoms with E-state index in [1.807, 2.05) is 36.4 Å². The molecule has 0 spiro atoms. The molecule has 3 aliphatic heterocycles. The molecule has 5 nitrogen and oxygen atoms in total. The maximum atomic E-state index is 13.3. The van der Waals surface area contributed by atoms with E-state index in [0.29, 0.717) is 22.5 Å². The Morgan fingerprint density at radius 1 is 1.00 bits per heavy atom. The highest BCUT2D eigenvalue weighted by molar-refractivity contribution is 6.31. The number of aromatic nitrogens is 2. The van der Waals surface area contributed by atoms with Gasteiger partial charge in [0.1, 0.15) is 0 Å². The predicted molar refractivity (Wildman–Crippen MR) is 123 cm³/mol. The molecule has 2 aromatic carbocycles. The molecule has 0 radical (unpaired) electrons. The molecule has 30 heavy (non-hydrogen) atoms. The zero-order valence-corrected chi connectivity index (χ0v) is 17.3. The molecule has 0 amide bonds. The number of nitrogens with one attached hydrogen (secondary N) is 3. The maximum absolute atomic E-state index is 13.3. The van der Waals surface area contributed by atoms with E-state index in [2.05, 4.69) is 32.3 Å². The molecule has 1 atom stereocenters. The van der Waals surface area contributed by atoms with Crippen molar-refractivity contribution in [1.82, 2.24) is 14.9 Å². The Hall–Kier alpha value is -2.76. The first kappa shape index (κ1) is 18.0. The van der Waals surface area contributed by atoms with Crippen LogP contribution in [0.3, 0.4) is 0 Å². The van der Waals surface area contributed by atoms with E-state index in [-0.39, 0.29) is 5.56 Å². The first-order valence-corrected chi connectivity index (χ1v) is 11.0. The number of anilines is 1. The molecular weight excluding hydrogens is 396 g/mol. The monoisotopic (exact) mass is 418 g/mol. The molecule has 0 unspecified atom stereocenters. The van der Waals surface area contributed by atoms with Gasteiger partial charge in [0.25, 0.3) is 5.56 Å². The molecular formula is C24H23ClN4O. The third-order valence-corrected chi connectivity index (χ3v) is 7.00. The van der Waals surface area contributed by atoms with Crippen molar-refractivity contribution >= 4 is 39.1 Å². The Morgan fingerprint density at radius 2 is 1.83 bits per heavy atom. The zero-order chi connectivity index (χ0) is 20.2. The van der Waals surface area contributed by atoms with Crippen LogP contribution in [0.1, 0.15) is 12.8 Å². The van der Waals surface area contributed by atoms with Crippen LogP contribution in [0, 0.1) is 5.92 Å². The van der Waals surface area contributed by atoms with Crippen molar-refractivity contribution in [2.75, 3.05) is 25.0 Å². The summed E-state index contributed by atoms with van der Waals surface area (Å²) in [6, 6.07) is 16.1. The van der Waals surface area contributed by atoms with Crippen LogP contribution >= 0.6 is 11.6 Å². The van der Waals surface area contributed by atoms with E-state index in [9.17, 15) is 4.79 Å². The van der Waals surface area contributed by atoms with E-state index >= 15 is 0 Å². The zero-order valence-electron chi connectivity index (χ0n) is 16.5. The number of hydrogen-bond donors (Lipinski definition) is 3. The molecule has 2 bridgehead atoms. The number of para-hydroxylation sites is 1. The van der Waals surface area contributed by atoms with Gasteiger partial charge in [0.2, 0.25) is 0 Å². The lowest BCUT2D eigenvalue weighted by molar-refractivity contribution is 0.0976. The summed E-state index contributed by atoms with van der Waals surface area (Å²) >= 11 is 6.36. The number of piperidine rings is 3. The third-order valence-electron chi connectivity index (χ3n) is 6.76. The Balaban J connectivity index is 1.56. The summed E-state index contributed by atoms with van der Waals surface area (Å²) in [5.74, 6) is 0.638. The van der Waals surface area contributed by atoms with Crippen LogP contribution in [0.15, 0.2) is 53.3 Å². The van der Waals surface area contributed by atoms with Gasteiger partial charge >= 0.3 is 0 Å². The molecule has 5 heterocycles. The van der Waals surface area contributed by atoms with Crippen molar-refractivity contribution in [3.8, 4) is 11.3 Å². The number of aromatic amines is 2. The van der Waals surface area contributed by atoms with Gasteiger partial charge in [0.05, 0.1) is 22.5 Å². The van der Waals surface area contributed by atoms with E-state index < -0.39 is 0 Å². The highest BCUT2D eigenvalue weighted by atomic mass is 35.5. The lowest BCUT2D eigenvalue weighted by atomic mass is 9.83. The van der Waals surface area contributed by atoms with E-state index in [0.717, 1.165) is 39.7 Å². The van der Waals surface area contributed by atoms with Gasteiger partial charge in [-0.2, -0.15) is 0 Å². The first-order chi connectivity index (χ1) is 14.7. The van der Waals surface area contributed by atoms with Crippen molar-refractivity contribution in [3.63, 3.8) is 0 Å². The summed E-state index contributed by atoms with van der Waals surface area (Å²) in [4.78, 5) is 22.3. The molecule has 4 aromatic rings. The average molecular weight is 419 g/mol. The molecule has 7 rings (SSSR count). The van der Waals surface area contributed by atoms with Gasteiger partial charge in [-0.3, -0.25) is 4.79 Å². The minimum atomic E-state index is -0.0971. The van der Waals surface area contributed by atoms with Gasteiger partial charge in [-0.15, -0.1) is 0 Å². The van der Waals surface area contributed by atoms with Gasteiger partial charge < -0.3 is 20.2 Å². The lowest BCUT2D eigenvalue weighted by Crippen LogP contribution is -2.53. The Bertz CT molecular complexity index is 1280. The lowest BCUT2D eigenvalue weighted by Gasteiger charge is -2.45. The molecule has 152 valence electrons. The SMILES string of the molecule is O=c1[nH]c2ccc(Cl)cc2c(N[C@@H]2CN3CCC2CC3)c1-c1cc2ccccc2[nH]1. The number of halogens is 1. The number of hydrogen-bond acceptors (Lipinski definition) is 3. The van der Waals surface area contributed by atoms with Crippen molar-refractivity contribution in [3.05, 3.63) is 63.9 Å². The smallest absolute Gasteiger partial charge is 0.259 e. The third kappa shape index (κ3) is 2.92. The van der Waals surface area contributed by atoms with Crippen molar-refractivity contribution in [2.24, 2.45) is 5.92 Å². The standard InChI is InChI=1S/C24H23ClN4O/c25-16-5-6-19-17(12-16)23(27-21-13-29-9-7-14(21)8-10-29)22(24(30)28-19)20-11-15-3-1-2-4-18(15)26-20/h1-6,11-12,14,21,26H,7-10,13H2,(H2,27,28,30)/t21-/m1/s1. The van der Waals surface area contributed by atoms with Gasteiger partial charge in [-0.1, -0.05) is 29.8 Å². The summed E-state index contributed by atoms with van der Waals surface area (Å²) in [6.07, 6.45) is 2.42. The van der Waals surface area contributed by atoms with E-state index in [1.165, 1.54) is 25.9 Å². The highest BCUT2D eigenvalue weighted by Crippen LogP contribution is 2.37. The summed E-state index contributed by atoms with van der Waals surface area (Å²) in [6.45, 7) is 3.38. The Morgan fingerprint density at radius 3 is 2.60 bits per heavy atom. The molecule has 3 fully saturated rings. The number of pyridine rings is 1. The second-order valence-corrected chi connectivity index (χ2v) is 8.99. The molecule has 0 saturated carbocycles. The predicted octanol–water partition coefficient (Wildman–Crippen LogP) is 4.84. The van der Waals surface area contributed by atoms with Crippen LogP contribution in [0.2, 0.25) is 5.02 Å². The van der Waals surface area contributed by atoms with Crippen LogP contribution in [0.4, 0.5) is 5.69 Å². The largest absolute Gasteiger partial charge is 0.379 e. The second-order valence-electron chi connectivity index (χ2n) is 8.55. The molecule has 3 saturated heterocycles. The van der Waals surface area contributed by atoms with Crippen LogP contribution in [0.25, 0.3) is 33.1 Å². The van der Waals surface area contributed by atoms with E-state index in [1.54, 1.807) is 0 Å². The van der Waals surface area contributed by atoms with E-state index in [4.69, 9.17) is 11.6 Å². The van der Waals surface area contributed by atoms with Crippen molar-refractivity contribution in [1.29, 1.82) is 0 Å². The first-order valence-electron chi connectivity index (χ1n) is 10.6. The quantitative estimate of drug-likeness (QED) is 0.446. The van der Waals surface area contributed by atoms with Gasteiger partial charge in [-0.05, 0) is 62.2 Å². The minimum Gasteiger partial charge on any atom is -0.379 e. The number of nitrogens with zero attached hydrogens (tertiary/aromatic N) is 1. The maximum Gasteiger partial charge on any atom is 0.259 e. The molecule has 3 N–H and O–H groups in total. The molecule has 0 aliphatic carbocycles. The normalized spacial score (nSPS) is 23.3.